The van der Waals surface area contributed by atoms with Gasteiger partial charge in [-0.2, -0.15) is 4.36 Å². The Labute approximate surface area is 114 Å². The zero-order valence-corrected chi connectivity index (χ0v) is 12.2. The first-order chi connectivity index (χ1) is 8.51. The summed E-state index contributed by atoms with van der Waals surface area (Å²) in [6.45, 7) is 1.77. The molecule has 0 aliphatic carbocycles. The molecule has 0 aromatic heterocycles. The lowest BCUT2D eigenvalue weighted by atomic mass is 10.4. The molecule has 1 unspecified atom stereocenters. The standard InChI is InChI=1S/C11H13BrFNO3S/c1-2-17-7-11(15)14-18(16,8-13)10-5-3-9(12)4-6-10/h3-6H,2,7-8H2,1H3. The Morgan fingerprint density at radius 2 is 2.06 bits per heavy atom. The van der Waals surface area contributed by atoms with E-state index in [0.717, 1.165) is 4.47 Å². The molecule has 4 nitrogen and oxygen atoms in total. The van der Waals surface area contributed by atoms with Gasteiger partial charge in [-0.3, -0.25) is 4.79 Å². The summed E-state index contributed by atoms with van der Waals surface area (Å²) in [7, 11) is -3.34. The monoisotopic (exact) mass is 337 g/mol. The first-order valence-electron chi connectivity index (χ1n) is 5.19. The minimum absolute atomic E-state index is 0.193. The largest absolute Gasteiger partial charge is 0.372 e. The van der Waals surface area contributed by atoms with E-state index in [-0.39, 0.29) is 11.5 Å². The lowest BCUT2D eigenvalue weighted by Crippen LogP contribution is -2.11. The molecular formula is C11H13BrFNO3S. The SMILES string of the molecule is CCOCC(=O)N=S(=O)(CF)c1ccc(Br)cc1. The van der Waals surface area contributed by atoms with Crippen molar-refractivity contribution >= 4 is 31.6 Å². The number of benzene rings is 1. The Morgan fingerprint density at radius 3 is 2.56 bits per heavy atom. The highest BCUT2D eigenvalue weighted by molar-refractivity contribution is 9.10. The van der Waals surface area contributed by atoms with E-state index in [0.29, 0.717) is 6.61 Å². The molecule has 0 fully saturated rings. The second-order valence-electron chi connectivity index (χ2n) is 3.33. The van der Waals surface area contributed by atoms with E-state index in [4.69, 9.17) is 4.74 Å². The average Bonchev–Trinajstić information content (AvgIpc) is 2.37. The number of alkyl halides is 1. The number of hydrogen-bond acceptors (Lipinski definition) is 3. The van der Waals surface area contributed by atoms with Crippen LogP contribution in [0.15, 0.2) is 38.0 Å². The molecule has 0 spiro atoms. The molecular weight excluding hydrogens is 325 g/mol. The summed E-state index contributed by atoms with van der Waals surface area (Å²) < 4.78 is 34.2. The molecule has 7 heteroatoms. The Kier molecular flexibility index (Phi) is 5.90. The summed E-state index contributed by atoms with van der Waals surface area (Å²) >= 11 is 3.22. The maximum absolute atomic E-state index is 12.9. The predicted octanol–water partition coefficient (Wildman–Crippen LogP) is 2.77. The fourth-order valence-electron chi connectivity index (χ4n) is 1.17. The van der Waals surface area contributed by atoms with Crippen LogP contribution < -0.4 is 0 Å². The highest BCUT2D eigenvalue weighted by Crippen LogP contribution is 2.18. The molecule has 1 aromatic carbocycles. The van der Waals surface area contributed by atoms with Gasteiger partial charge in [0.2, 0.25) is 0 Å². The van der Waals surface area contributed by atoms with Crippen LogP contribution >= 0.6 is 15.9 Å². The molecule has 0 heterocycles. The molecule has 1 atom stereocenters. The third-order valence-corrected chi connectivity index (χ3v) is 4.34. The van der Waals surface area contributed by atoms with Crippen molar-refractivity contribution in [1.82, 2.24) is 0 Å². The van der Waals surface area contributed by atoms with E-state index in [2.05, 4.69) is 20.3 Å². The van der Waals surface area contributed by atoms with Crippen LogP contribution in [0.2, 0.25) is 0 Å². The Balaban J connectivity index is 3.05. The molecule has 100 valence electrons. The van der Waals surface area contributed by atoms with Crippen LogP contribution in [0.5, 0.6) is 0 Å². The van der Waals surface area contributed by atoms with Gasteiger partial charge < -0.3 is 4.74 Å². The summed E-state index contributed by atoms with van der Waals surface area (Å²) in [6.07, 6.45) is 0. The van der Waals surface area contributed by atoms with Crippen LogP contribution in [-0.2, 0) is 19.3 Å². The minimum atomic E-state index is -3.34. The number of amides is 1. The maximum Gasteiger partial charge on any atom is 0.280 e. The highest BCUT2D eigenvalue weighted by atomic mass is 79.9. The molecule has 0 N–H and O–H groups in total. The van der Waals surface area contributed by atoms with Gasteiger partial charge in [-0.25, -0.2) is 8.60 Å². The van der Waals surface area contributed by atoms with Gasteiger partial charge >= 0.3 is 0 Å². The van der Waals surface area contributed by atoms with E-state index < -0.39 is 21.6 Å². The molecule has 0 aliphatic rings. The molecule has 18 heavy (non-hydrogen) atoms. The van der Waals surface area contributed by atoms with Crippen molar-refractivity contribution in [2.45, 2.75) is 11.8 Å². The molecule has 0 radical (unpaired) electrons. The zero-order chi connectivity index (χ0) is 13.6. The van der Waals surface area contributed by atoms with Crippen molar-refractivity contribution in [3.05, 3.63) is 28.7 Å². The second-order valence-corrected chi connectivity index (χ2v) is 6.39. The summed E-state index contributed by atoms with van der Waals surface area (Å²) in [5.41, 5.74) is 0. The quantitative estimate of drug-likeness (QED) is 0.830. The molecule has 0 bridgehead atoms. The lowest BCUT2D eigenvalue weighted by Gasteiger charge is -2.06. The van der Waals surface area contributed by atoms with Crippen molar-refractivity contribution in [2.24, 2.45) is 4.36 Å². The van der Waals surface area contributed by atoms with Crippen molar-refractivity contribution in [2.75, 3.05) is 19.2 Å². The second kappa shape index (κ2) is 6.96. The summed E-state index contributed by atoms with van der Waals surface area (Å²) in [5, 5.41) is 0. The zero-order valence-electron chi connectivity index (χ0n) is 9.77. The van der Waals surface area contributed by atoms with Gasteiger partial charge in [0.05, 0.1) is 4.90 Å². The van der Waals surface area contributed by atoms with Gasteiger partial charge in [0.15, 0.2) is 6.01 Å². The Morgan fingerprint density at radius 1 is 1.44 bits per heavy atom. The summed E-state index contributed by atoms with van der Waals surface area (Å²) in [5.74, 6) is -0.720. The topological polar surface area (TPSA) is 55.7 Å². The molecule has 0 saturated heterocycles. The van der Waals surface area contributed by atoms with Gasteiger partial charge in [-0.05, 0) is 31.2 Å². The highest BCUT2D eigenvalue weighted by Gasteiger charge is 2.15. The first kappa shape index (κ1) is 15.3. The van der Waals surface area contributed by atoms with Crippen molar-refractivity contribution in [1.29, 1.82) is 0 Å². The molecule has 1 amide bonds. The first-order valence-corrected chi connectivity index (χ1v) is 7.66. The van der Waals surface area contributed by atoms with Crippen molar-refractivity contribution in [3.63, 3.8) is 0 Å². The van der Waals surface area contributed by atoms with Crippen LogP contribution in [-0.4, -0.2) is 29.3 Å². The van der Waals surface area contributed by atoms with Crippen LogP contribution in [0, 0.1) is 0 Å². The Hall–Kier alpha value is -0.790. The van der Waals surface area contributed by atoms with E-state index in [9.17, 15) is 13.4 Å². The molecule has 1 rings (SSSR count). The van der Waals surface area contributed by atoms with E-state index in [1.54, 1.807) is 19.1 Å². The van der Waals surface area contributed by atoms with Crippen LogP contribution in [0.25, 0.3) is 0 Å². The van der Waals surface area contributed by atoms with Gasteiger partial charge in [0.1, 0.15) is 16.3 Å². The maximum atomic E-state index is 12.9. The van der Waals surface area contributed by atoms with Gasteiger partial charge in [-0.15, -0.1) is 0 Å². The van der Waals surface area contributed by atoms with Crippen molar-refractivity contribution < 1.29 is 18.1 Å². The minimum Gasteiger partial charge on any atom is -0.372 e. The fraction of sp³-hybridized carbons (Fsp3) is 0.364. The molecule has 0 aliphatic heterocycles. The average molecular weight is 338 g/mol. The van der Waals surface area contributed by atoms with E-state index in [1.807, 2.05) is 0 Å². The summed E-state index contributed by atoms with van der Waals surface area (Å²) in [6, 6.07) is 4.99. The number of halogens is 2. The number of nitrogens with zero attached hydrogens (tertiary/aromatic N) is 1. The van der Waals surface area contributed by atoms with Gasteiger partial charge in [0, 0.05) is 11.1 Å². The fourth-order valence-corrected chi connectivity index (χ4v) is 2.66. The number of ether oxygens (including phenoxy) is 1. The van der Waals surface area contributed by atoms with Crippen molar-refractivity contribution in [3.8, 4) is 0 Å². The lowest BCUT2D eigenvalue weighted by molar-refractivity contribution is -0.121. The van der Waals surface area contributed by atoms with E-state index in [1.165, 1.54) is 12.1 Å². The molecule has 1 aromatic rings. The predicted molar refractivity (Wildman–Crippen MR) is 70.5 cm³/mol. The number of rotatable bonds is 5. The normalized spacial score (nSPS) is 13.9. The van der Waals surface area contributed by atoms with Gasteiger partial charge in [0.25, 0.3) is 5.91 Å². The number of carbonyl (C=O) groups is 1. The van der Waals surface area contributed by atoms with Gasteiger partial charge in [-0.1, -0.05) is 15.9 Å². The summed E-state index contributed by atoms with van der Waals surface area (Å²) in [4.78, 5) is 11.6. The number of hydrogen-bond donors (Lipinski definition) is 0. The van der Waals surface area contributed by atoms with Crippen LogP contribution in [0.3, 0.4) is 0 Å². The van der Waals surface area contributed by atoms with Crippen LogP contribution in [0.4, 0.5) is 4.39 Å². The van der Waals surface area contributed by atoms with E-state index >= 15 is 0 Å². The Bertz CT molecular complexity index is 524. The van der Waals surface area contributed by atoms with Crippen LogP contribution in [0.1, 0.15) is 6.92 Å². The smallest absolute Gasteiger partial charge is 0.280 e. The third-order valence-electron chi connectivity index (χ3n) is 2.01. The molecule has 0 saturated carbocycles. The third kappa shape index (κ3) is 4.15. The number of carbonyl (C=O) groups excluding carboxylic acids is 1.